The van der Waals surface area contributed by atoms with Crippen molar-refractivity contribution < 1.29 is 9.52 Å². The molecule has 0 amide bonds. The van der Waals surface area contributed by atoms with Crippen molar-refractivity contribution in [2.45, 2.75) is 44.2 Å². The molecule has 0 bridgehead atoms. The van der Waals surface area contributed by atoms with E-state index in [1.807, 2.05) is 6.07 Å². The third-order valence-corrected chi connectivity index (χ3v) is 5.16. The van der Waals surface area contributed by atoms with Crippen LogP contribution >= 0.6 is 31.9 Å². The lowest BCUT2D eigenvalue weighted by molar-refractivity contribution is 0.117. The van der Waals surface area contributed by atoms with Gasteiger partial charge in [-0.05, 0) is 50.8 Å². The molecule has 0 aromatic carbocycles. The maximum Gasteiger partial charge on any atom is 0.183 e. The lowest BCUT2D eigenvalue weighted by atomic mass is 9.82. The molecule has 1 aliphatic carbocycles. The first-order valence-corrected chi connectivity index (χ1v) is 7.53. The summed E-state index contributed by atoms with van der Waals surface area (Å²) in [5, 5.41) is 13.0. The van der Waals surface area contributed by atoms with E-state index >= 15 is 0 Å². The van der Waals surface area contributed by atoms with Crippen molar-refractivity contribution in [3.63, 3.8) is 0 Å². The van der Waals surface area contributed by atoms with Gasteiger partial charge in [0, 0.05) is 5.54 Å². The van der Waals surface area contributed by atoms with Gasteiger partial charge in [-0.25, -0.2) is 0 Å². The predicted octanol–water partition coefficient (Wildman–Crippen LogP) is 3.59. The van der Waals surface area contributed by atoms with E-state index in [9.17, 15) is 5.11 Å². The number of furan rings is 1. The van der Waals surface area contributed by atoms with E-state index in [4.69, 9.17) is 4.42 Å². The minimum atomic E-state index is -0.107. The zero-order chi connectivity index (χ0) is 12.3. The molecule has 0 aliphatic heterocycles. The number of halogens is 2. The fraction of sp³-hybridized carbons (Fsp3) is 0.667. The molecule has 3 nitrogen and oxygen atoms in total. The van der Waals surface area contributed by atoms with Gasteiger partial charge in [-0.1, -0.05) is 19.3 Å². The van der Waals surface area contributed by atoms with Crippen LogP contribution in [0.5, 0.6) is 0 Å². The van der Waals surface area contributed by atoms with Crippen LogP contribution in [0.25, 0.3) is 0 Å². The maximum atomic E-state index is 9.57. The zero-order valence-corrected chi connectivity index (χ0v) is 12.8. The number of hydrogen-bond acceptors (Lipinski definition) is 3. The topological polar surface area (TPSA) is 45.4 Å². The molecule has 5 heteroatoms. The molecule has 1 aromatic heterocycles. The Morgan fingerprint density at radius 3 is 2.53 bits per heavy atom. The molecule has 0 unspecified atom stereocenters. The average Bonchev–Trinajstić information content (AvgIpc) is 2.68. The van der Waals surface area contributed by atoms with E-state index in [0.717, 1.165) is 27.7 Å². The van der Waals surface area contributed by atoms with Crippen LogP contribution in [0.4, 0.5) is 0 Å². The van der Waals surface area contributed by atoms with Gasteiger partial charge in [-0.15, -0.1) is 0 Å². The first-order valence-electron chi connectivity index (χ1n) is 5.95. The summed E-state index contributed by atoms with van der Waals surface area (Å²) in [5.41, 5.74) is -0.107. The molecular formula is C12H17Br2NO2. The Bertz CT molecular complexity index is 353. The first-order chi connectivity index (χ1) is 8.15. The van der Waals surface area contributed by atoms with Gasteiger partial charge in [0.1, 0.15) is 5.76 Å². The van der Waals surface area contributed by atoms with Crippen LogP contribution in [0.1, 0.15) is 37.9 Å². The number of nitrogens with one attached hydrogen (secondary N) is 1. The highest BCUT2D eigenvalue weighted by molar-refractivity contribution is 9.13. The molecule has 96 valence electrons. The Morgan fingerprint density at radius 1 is 1.29 bits per heavy atom. The number of hydrogen-bond donors (Lipinski definition) is 2. The molecule has 1 fully saturated rings. The highest BCUT2D eigenvalue weighted by Crippen LogP contribution is 2.30. The zero-order valence-electron chi connectivity index (χ0n) is 9.64. The van der Waals surface area contributed by atoms with E-state index in [0.29, 0.717) is 6.54 Å². The van der Waals surface area contributed by atoms with Gasteiger partial charge >= 0.3 is 0 Å². The molecule has 1 aromatic rings. The Hall–Kier alpha value is 0.160. The van der Waals surface area contributed by atoms with E-state index in [1.165, 1.54) is 19.3 Å². The summed E-state index contributed by atoms with van der Waals surface area (Å²) in [5.74, 6) is 0.877. The monoisotopic (exact) mass is 365 g/mol. The molecule has 2 N–H and O–H groups in total. The van der Waals surface area contributed by atoms with Crippen molar-refractivity contribution in [2.24, 2.45) is 0 Å². The van der Waals surface area contributed by atoms with Crippen LogP contribution in [0.15, 0.2) is 19.6 Å². The Morgan fingerprint density at radius 2 is 2.00 bits per heavy atom. The van der Waals surface area contributed by atoms with Crippen molar-refractivity contribution in [2.75, 3.05) is 6.61 Å². The second-order valence-electron chi connectivity index (χ2n) is 4.69. The Labute approximate surface area is 118 Å². The van der Waals surface area contributed by atoms with Crippen molar-refractivity contribution in [1.29, 1.82) is 0 Å². The summed E-state index contributed by atoms with van der Waals surface area (Å²) in [6.07, 6.45) is 5.76. The molecule has 0 radical (unpaired) electrons. The van der Waals surface area contributed by atoms with Crippen LogP contribution in [0.3, 0.4) is 0 Å². The van der Waals surface area contributed by atoms with Crippen molar-refractivity contribution in [3.05, 3.63) is 21.0 Å². The minimum Gasteiger partial charge on any atom is -0.452 e. The molecular weight excluding hydrogens is 350 g/mol. The van der Waals surface area contributed by atoms with E-state index < -0.39 is 0 Å². The van der Waals surface area contributed by atoms with Crippen LogP contribution < -0.4 is 5.32 Å². The SMILES string of the molecule is OCC1(NCc2cc(Br)c(Br)o2)CCCCC1. The van der Waals surface area contributed by atoms with Gasteiger partial charge in [0.25, 0.3) is 0 Å². The standard InChI is InChI=1S/C12H17Br2NO2/c13-10-6-9(17-11(10)14)7-15-12(8-16)4-2-1-3-5-12/h6,15-16H,1-5,7-8H2. The van der Waals surface area contributed by atoms with E-state index in [2.05, 4.69) is 37.2 Å². The van der Waals surface area contributed by atoms with Gasteiger partial charge < -0.3 is 14.8 Å². The van der Waals surface area contributed by atoms with Crippen molar-refractivity contribution in [3.8, 4) is 0 Å². The Balaban J connectivity index is 1.95. The van der Waals surface area contributed by atoms with Crippen molar-refractivity contribution in [1.82, 2.24) is 5.32 Å². The number of aliphatic hydroxyl groups excluding tert-OH is 1. The minimum absolute atomic E-state index is 0.107. The summed E-state index contributed by atoms with van der Waals surface area (Å²) < 4.78 is 7.17. The summed E-state index contributed by atoms with van der Waals surface area (Å²) in [6, 6.07) is 1.95. The molecule has 1 heterocycles. The molecule has 0 atom stereocenters. The molecule has 2 rings (SSSR count). The highest BCUT2D eigenvalue weighted by atomic mass is 79.9. The van der Waals surface area contributed by atoms with Gasteiger partial charge in [-0.2, -0.15) is 0 Å². The fourth-order valence-electron chi connectivity index (χ4n) is 2.37. The number of aliphatic hydroxyl groups is 1. The summed E-state index contributed by atoms with van der Waals surface area (Å²) in [6.45, 7) is 0.862. The average molecular weight is 367 g/mol. The Kier molecular flexibility index (Phi) is 4.69. The van der Waals surface area contributed by atoms with E-state index in [-0.39, 0.29) is 12.1 Å². The van der Waals surface area contributed by atoms with Crippen LogP contribution in [-0.4, -0.2) is 17.3 Å². The lowest BCUT2D eigenvalue weighted by Crippen LogP contribution is -2.49. The third kappa shape index (κ3) is 3.34. The fourth-order valence-corrected chi connectivity index (χ4v) is 3.03. The first kappa shape index (κ1) is 13.6. The second kappa shape index (κ2) is 5.87. The largest absolute Gasteiger partial charge is 0.452 e. The molecule has 0 saturated heterocycles. The van der Waals surface area contributed by atoms with Crippen molar-refractivity contribution >= 4 is 31.9 Å². The maximum absolute atomic E-state index is 9.57. The quantitative estimate of drug-likeness (QED) is 0.855. The molecule has 1 aliphatic rings. The predicted molar refractivity (Wildman–Crippen MR) is 73.8 cm³/mol. The lowest BCUT2D eigenvalue weighted by Gasteiger charge is -2.36. The third-order valence-electron chi connectivity index (χ3n) is 3.45. The summed E-state index contributed by atoms with van der Waals surface area (Å²) in [4.78, 5) is 0. The number of rotatable bonds is 4. The van der Waals surface area contributed by atoms with E-state index in [1.54, 1.807) is 0 Å². The summed E-state index contributed by atoms with van der Waals surface area (Å²) >= 11 is 6.72. The summed E-state index contributed by atoms with van der Waals surface area (Å²) in [7, 11) is 0. The normalized spacial score (nSPS) is 19.5. The van der Waals surface area contributed by atoms with Gasteiger partial charge in [0.2, 0.25) is 0 Å². The van der Waals surface area contributed by atoms with Gasteiger partial charge in [0.05, 0.1) is 17.6 Å². The van der Waals surface area contributed by atoms with Crippen LogP contribution in [0, 0.1) is 0 Å². The highest BCUT2D eigenvalue weighted by Gasteiger charge is 2.30. The second-order valence-corrected chi connectivity index (χ2v) is 6.26. The molecule has 0 spiro atoms. The van der Waals surface area contributed by atoms with Gasteiger partial charge in [-0.3, -0.25) is 0 Å². The van der Waals surface area contributed by atoms with Crippen LogP contribution in [0.2, 0.25) is 0 Å². The van der Waals surface area contributed by atoms with Gasteiger partial charge in [0.15, 0.2) is 4.67 Å². The molecule has 1 saturated carbocycles. The molecule has 17 heavy (non-hydrogen) atoms. The van der Waals surface area contributed by atoms with Crippen LogP contribution in [-0.2, 0) is 6.54 Å². The smallest absolute Gasteiger partial charge is 0.183 e.